The molecule has 0 aliphatic carbocycles. The van der Waals surface area contributed by atoms with Crippen molar-refractivity contribution in [2.45, 2.75) is 19.5 Å². The molecule has 2 heterocycles. The fourth-order valence-electron chi connectivity index (χ4n) is 1.41. The standard InChI is InChI=1S/C12H14N2S/c1-10(12-5-3-7-15-12)14-9-11-4-2-6-13-8-11/h2-8,10,14H,9H2,1H3. The number of hydrogen-bond acceptors (Lipinski definition) is 3. The van der Waals surface area contributed by atoms with Crippen molar-refractivity contribution < 1.29 is 0 Å². The Kier molecular flexibility index (Phi) is 3.48. The molecule has 3 heteroatoms. The monoisotopic (exact) mass is 218 g/mol. The molecular weight excluding hydrogens is 204 g/mol. The average molecular weight is 218 g/mol. The number of hydrogen-bond donors (Lipinski definition) is 1. The summed E-state index contributed by atoms with van der Waals surface area (Å²) in [6.07, 6.45) is 3.69. The minimum atomic E-state index is 0.408. The number of rotatable bonds is 4. The Balaban J connectivity index is 1.89. The van der Waals surface area contributed by atoms with E-state index < -0.39 is 0 Å². The van der Waals surface area contributed by atoms with E-state index in [2.05, 4.69) is 40.8 Å². The van der Waals surface area contributed by atoms with E-state index in [1.165, 1.54) is 10.4 Å². The van der Waals surface area contributed by atoms with E-state index in [0.717, 1.165) is 6.54 Å². The lowest BCUT2D eigenvalue weighted by molar-refractivity contribution is 0.582. The zero-order chi connectivity index (χ0) is 10.5. The Morgan fingerprint density at radius 2 is 2.33 bits per heavy atom. The fourth-order valence-corrected chi connectivity index (χ4v) is 2.17. The summed E-state index contributed by atoms with van der Waals surface area (Å²) in [5, 5.41) is 5.58. The van der Waals surface area contributed by atoms with Gasteiger partial charge in [-0.15, -0.1) is 11.3 Å². The molecule has 0 aromatic carbocycles. The summed E-state index contributed by atoms with van der Waals surface area (Å²) in [4.78, 5) is 5.46. The minimum absolute atomic E-state index is 0.408. The Hall–Kier alpha value is -1.19. The van der Waals surface area contributed by atoms with E-state index in [1.807, 2.05) is 12.3 Å². The second-order valence-corrected chi connectivity index (χ2v) is 4.46. The summed E-state index contributed by atoms with van der Waals surface area (Å²) in [6.45, 7) is 3.05. The SMILES string of the molecule is CC(NCc1cccnc1)c1cccs1. The summed E-state index contributed by atoms with van der Waals surface area (Å²) in [5.74, 6) is 0. The molecule has 0 bridgehead atoms. The van der Waals surface area contributed by atoms with Gasteiger partial charge < -0.3 is 5.32 Å². The lowest BCUT2D eigenvalue weighted by Gasteiger charge is -2.11. The van der Waals surface area contributed by atoms with Crippen LogP contribution in [-0.2, 0) is 6.54 Å². The van der Waals surface area contributed by atoms with Crippen molar-refractivity contribution in [3.05, 3.63) is 52.5 Å². The highest BCUT2D eigenvalue weighted by Gasteiger charge is 2.04. The first-order valence-electron chi connectivity index (χ1n) is 5.02. The van der Waals surface area contributed by atoms with Crippen molar-refractivity contribution in [2.24, 2.45) is 0 Å². The maximum atomic E-state index is 4.09. The normalized spacial score (nSPS) is 12.6. The summed E-state index contributed by atoms with van der Waals surface area (Å²) in [6, 6.07) is 8.70. The zero-order valence-electron chi connectivity index (χ0n) is 8.68. The summed E-state index contributed by atoms with van der Waals surface area (Å²) < 4.78 is 0. The third kappa shape index (κ3) is 2.88. The number of thiophene rings is 1. The van der Waals surface area contributed by atoms with Crippen LogP contribution in [-0.4, -0.2) is 4.98 Å². The predicted octanol–water partition coefficient (Wildman–Crippen LogP) is 2.99. The topological polar surface area (TPSA) is 24.9 Å². The Labute approximate surface area is 94.0 Å². The summed E-state index contributed by atoms with van der Waals surface area (Å²) in [5.41, 5.74) is 1.22. The predicted molar refractivity (Wildman–Crippen MR) is 63.8 cm³/mol. The van der Waals surface area contributed by atoms with Gasteiger partial charge in [0.1, 0.15) is 0 Å². The molecule has 0 aliphatic heterocycles. The van der Waals surface area contributed by atoms with Gasteiger partial charge in [0, 0.05) is 29.9 Å². The van der Waals surface area contributed by atoms with Crippen LogP contribution in [0.4, 0.5) is 0 Å². The van der Waals surface area contributed by atoms with Crippen LogP contribution in [0.1, 0.15) is 23.4 Å². The van der Waals surface area contributed by atoms with Gasteiger partial charge in [0.25, 0.3) is 0 Å². The fraction of sp³-hybridized carbons (Fsp3) is 0.250. The largest absolute Gasteiger partial charge is 0.305 e. The average Bonchev–Trinajstić information content (AvgIpc) is 2.81. The third-order valence-corrected chi connectivity index (χ3v) is 3.36. The van der Waals surface area contributed by atoms with Gasteiger partial charge in [-0.05, 0) is 30.0 Å². The quantitative estimate of drug-likeness (QED) is 0.853. The van der Waals surface area contributed by atoms with E-state index in [0.29, 0.717) is 6.04 Å². The lowest BCUT2D eigenvalue weighted by Crippen LogP contribution is -2.17. The summed E-state index contributed by atoms with van der Waals surface area (Å²) >= 11 is 1.79. The van der Waals surface area contributed by atoms with E-state index in [4.69, 9.17) is 0 Å². The van der Waals surface area contributed by atoms with Gasteiger partial charge in [-0.25, -0.2) is 0 Å². The highest BCUT2D eigenvalue weighted by Crippen LogP contribution is 2.18. The zero-order valence-corrected chi connectivity index (χ0v) is 9.50. The van der Waals surface area contributed by atoms with Crippen molar-refractivity contribution in [1.29, 1.82) is 0 Å². The molecule has 0 saturated heterocycles. The van der Waals surface area contributed by atoms with Crippen molar-refractivity contribution in [2.75, 3.05) is 0 Å². The van der Waals surface area contributed by atoms with Crippen LogP contribution < -0.4 is 5.32 Å². The molecule has 0 fully saturated rings. The lowest BCUT2D eigenvalue weighted by atomic mass is 10.2. The molecule has 1 unspecified atom stereocenters. The van der Waals surface area contributed by atoms with Gasteiger partial charge in [0.15, 0.2) is 0 Å². The molecule has 0 aliphatic rings. The van der Waals surface area contributed by atoms with Gasteiger partial charge in [-0.3, -0.25) is 4.98 Å². The highest BCUT2D eigenvalue weighted by atomic mass is 32.1. The van der Waals surface area contributed by atoms with E-state index >= 15 is 0 Å². The molecule has 15 heavy (non-hydrogen) atoms. The van der Waals surface area contributed by atoms with Gasteiger partial charge in [-0.2, -0.15) is 0 Å². The maximum absolute atomic E-state index is 4.09. The first-order valence-corrected chi connectivity index (χ1v) is 5.90. The number of nitrogens with zero attached hydrogens (tertiary/aromatic N) is 1. The molecule has 2 nitrogen and oxygen atoms in total. The molecule has 1 N–H and O–H groups in total. The van der Waals surface area contributed by atoms with Crippen LogP contribution in [0.15, 0.2) is 42.0 Å². The van der Waals surface area contributed by atoms with Gasteiger partial charge in [-0.1, -0.05) is 12.1 Å². The van der Waals surface area contributed by atoms with Crippen LogP contribution in [0.2, 0.25) is 0 Å². The van der Waals surface area contributed by atoms with Gasteiger partial charge in [0.2, 0.25) is 0 Å². The van der Waals surface area contributed by atoms with Crippen LogP contribution in [0.25, 0.3) is 0 Å². The molecule has 0 radical (unpaired) electrons. The third-order valence-electron chi connectivity index (χ3n) is 2.31. The van der Waals surface area contributed by atoms with Crippen molar-refractivity contribution >= 4 is 11.3 Å². The number of pyridine rings is 1. The Morgan fingerprint density at radius 1 is 1.40 bits per heavy atom. The molecule has 2 rings (SSSR count). The molecule has 1 atom stereocenters. The van der Waals surface area contributed by atoms with Gasteiger partial charge in [0.05, 0.1) is 0 Å². The maximum Gasteiger partial charge on any atom is 0.0388 e. The van der Waals surface area contributed by atoms with Crippen LogP contribution in [0.3, 0.4) is 0 Å². The van der Waals surface area contributed by atoms with Crippen molar-refractivity contribution in [3.8, 4) is 0 Å². The van der Waals surface area contributed by atoms with Crippen LogP contribution >= 0.6 is 11.3 Å². The second-order valence-electron chi connectivity index (χ2n) is 3.48. The van der Waals surface area contributed by atoms with E-state index in [1.54, 1.807) is 17.5 Å². The molecule has 2 aromatic heterocycles. The molecule has 78 valence electrons. The first kappa shape index (κ1) is 10.3. The van der Waals surface area contributed by atoms with E-state index in [9.17, 15) is 0 Å². The van der Waals surface area contributed by atoms with Gasteiger partial charge >= 0.3 is 0 Å². The summed E-state index contributed by atoms with van der Waals surface area (Å²) in [7, 11) is 0. The van der Waals surface area contributed by atoms with Crippen molar-refractivity contribution in [1.82, 2.24) is 10.3 Å². The van der Waals surface area contributed by atoms with Crippen LogP contribution in [0, 0.1) is 0 Å². The highest BCUT2D eigenvalue weighted by molar-refractivity contribution is 7.10. The molecule has 0 amide bonds. The van der Waals surface area contributed by atoms with E-state index in [-0.39, 0.29) is 0 Å². The van der Waals surface area contributed by atoms with Crippen LogP contribution in [0.5, 0.6) is 0 Å². The molecule has 2 aromatic rings. The Bertz CT molecular complexity index is 383. The number of nitrogens with one attached hydrogen (secondary N) is 1. The Morgan fingerprint density at radius 3 is 3.00 bits per heavy atom. The first-order chi connectivity index (χ1) is 7.36. The second kappa shape index (κ2) is 5.05. The molecule has 0 saturated carbocycles. The minimum Gasteiger partial charge on any atom is -0.305 e. The number of aromatic nitrogens is 1. The molecular formula is C12H14N2S. The van der Waals surface area contributed by atoms with Crippen molar-refractivity contribution in [3.63, 3.8) is 0 Å². The molecule has 0 spiro atoms. The smallest absolute Gasteiger partial charge is 0.0388 e.